The second kappa shape index (κ2) is 15.3. The summed E-state index contributed by atoms with van der Waals surface area (Å²) < 4.78 is 10.3. The molecule has 0 radical (unpaired) electrons. The van der Waals surface area contributed by atoms with Crippen LogP contribution in [0.15, 0.2) is 54.6 Å². The van der Waals surface area contributed by atoms with Gasteiger partial charge in [-0.05, 0) is 44.2 Å². The summed E-state index contributed by atoms with van der Waals surface area (Å²) in [6.07, 6.45) is -0.368. The molecule has 0 aliphatic rings. The van der Waals surface area contributed by atoms with Crippen LogP contribution in [-0.2, 0) is 23.9 Å². The molecule has 1 heterocycles. The highest BCUT2D eigenvalue weighted by Gasteiger charge is 2.15. The fourth-order valence-electron chi connectivity index (χ4n) is 2.54. The quantitative estimate of drug-likeness (QED) is 0.157. The Morgan fingerprint density at radius 3 is 2.03 bits per heavy atom. The lowest BCUT2D eigenvalue weighted by Crippen LogP contribution is -2.17. The highest BCUT2D eigenvalue weighted by Crippen LogP contribution is 2.21. The standard InChI is InChI=1S/C12H11ClN2O2.C6H7ClN2.C6H8O4/c1-8-7-10(12(16)17-2)14-15(8)11-6-4-3-5-9(11)13;7-5-3-1-2-4-6(5)9-8;1-4(7)3-5(8)6(9)10-2/h3-7H,1-2H3;1-4,9H,8H2;3H2,1-2H3. The van der Waals surface area contributed by atoms with E-state index in [1.54, 1.807) is 22.9 Å². The summed E-state index contributed by atoms with van der Waals surface area (Å²) in [7, 11) is 2.42. The molecule has 0 aliphatic carbocycles. The highest BCUT2D eigenvalue weighted by molar-refractivity contribution is 6.37. The van der Waals surface area contributed by atoms with E-state index in [1.165, 1.54) is 14.0 Å². The molecule has 2 aromatic carbocycles. The van der Waals surface area contributed by atoms with Gasteiger partial charge in [0, 0.05) is 5.69 Å². The van der Waals surface area contributed by atoms with E-state index in [0.29, 0.717) is 10.0 Å². The number of rotatable bonds is 6. The Labute approximate surface area is 218 Å². The molecule has 36 heavy (non-hydrogen) atoms. The van der Waals surface area contributed by atoms with E-state index in [-0.39, 0.29) is 17.9 Å². The number of para-hydroxylation sites is 2. The molecular weight excluding hydrogens is 511 g/mol. The first kappa shape index (κ1) is 30.3. The third-order valence-electron chi connectivity index (χ3n) is 4.21. The maximum absolute atomic E-state index is 11.4. The molecule has 3 rings (SSSR count). The fraction of sp³-hybridized carbons (Fsp3) is 0.208. The maximum atomic E-state index is 11.4. The van der Waals surface area contributed by atoms with Crippen LogP contribution >= 0.6 is 23.2 Å². The average molecular weight is 537 g/mol. The average Bonchev–Trinajstić information content (AvgIpc) is 3.25. The first-order valence-corrected chi connectivity index (χ1v) is 11.0. The molecule has 0 aliphatic heterocycles. The highest BCUT2D eigenvalue weighted by atomic mass is 35.5. The molecule has 0 unspecified atom stereocenters. The number of benzene rings is 2. The van der Waals surface area contributed by atoms with Crippen LogP contribution in [0.3, 0.4) is 0 Å². The number of halogens is 2. The normalized spacial score (nSPS) is 9.53. The van der Waals surface area contributed by atoms with E-state index in [9.17, 15) is 19.2 Å². The zero-order chi connectivity index (χ0) is 27.3. The van der Waals surface area contributed by atoms with Crippen molar-refractivity contribution in [2.45, 2.75) is 20.3 Å². The molecule has 0 amide bonds. The summed E-state index contributed by atoms with van der Waals surface area (Å²) in [6.45, 7) is 3.09. The third kappa shape index (κ3) is 9.49. The van der Waals surface area contributed by atoms with E-state index in [0.717, 1.165) is 24.2 Å². The van der Waals surface area contributed by atoms with Crippen LogP contribution in [0.1, 0.15) is 29.5 Å². The third-order valence-corrected chi connectivity index (χ3v) is 4.86. The van der Waals surface area contributed by atoms with E-state index >= 15 is 0 Å². The zero-order valence-electron chi connectivity index (χ0n) is 20.1. The Balaban J connectivity index is 0.000000293. The lowest BCUT2D eigenvalue weighted by Gasteiger charge is -2.05. The number of Topliss-reactive ketones (excluding diaryl/α,β-unsaturated/α-hetero) is 2. The lowest BCUT2D eigenvalue weighted by atomic mass is 10.2. The first-order valence-electron chi connectivity index (χ1n) is 10.3. The smallest absolute Gasteiger partial charge is 0.374 e. The van der Waals surface area contributed by atoms with Crippen LogP contribution < -0.4 is 11.3 Å². The summed E-state index contributed by atoms with van der Waals surface area (Å²) in [5.41, 5.74) is 5.04. The lowest BCUT2D eigenvalue weighted by molar-refractivity contribution is -0.152. The molecule has 0 fully saturated rings. The number of carbonyl (C=O) groups is 4. The number of nitrogens with one attached hydrogen (secondary N) is 1. The number of nitrogens with two attached hydrogens (primary N) is 1. The second-order valence-electron chi connectivity index (χ2n) is 6.94. The van der Waals surface area contributed by atoms with Crippen LogP contribution in [0, 0.1) is 6.92 Å². The number of hydrogen-bond donors (Lipinski definition) is 2. The number of carbonyl (C=O) groups excluding carboxylic acids is 4. The van der Waals surface area contributed by atoms with Crippen LogP contribution in [0.5, 0.6) is 0 Å². The number of nitrogens with zero attached hydrogens (tertiary/aromatic N) is 2. The minimum atomic E-state index is -0.963. The van der Waals surface area contributed by atoms with E-state index in [2.05, 4.69) is 20.0 Å². The van der Waals surface area contributed by atoms with E-state index < -0.39 is 17.7 Å². The van der Waals surface area contributed by atoms with Gasteiger partial charge in [-0.1, -0.05) is 47.5 Å². The molecule has 0 saturated heterocycles. The van der Waals surface area contributed by atoms with Crippen molar-refractivity contribution in [1.82, 2.24) is 9.78 Å². The molecule has 12 heteroatoms. The molecule has 192 valence electrons. The molecule has 1 aromatic heterocycles. The van der Waals surface area contributed by atoms with Crippen molar-refractivity contribution in [3.05, 3.63) is 76.0 Å². The number of hydrogen-bond acceptors (Lipinski definition) is 9. The number of hydrazine groups is 1. The number of aromatic nitrogens is 2. The largest absolute Gasteiger partial charge is 0.464 e. The Kier molecular flexibility index (Phi) is 12.9. The maximum Gasteiger partial charge on any atom is 0.374 e. The van der Waals surface area contributed by atoms with Gasteiger partial charge in [-0.2, -0.15) is 5.10 Å². The van der Waals surface area contributed by atoms with Crippen molar-refractivity contribution in [3.63, 3.8) is 0 Å². The molecule has 0 atom stereocenters. The van der Waals surface area contributed by atoms with Crippen molar-refractivity contribution in [1.29, 1.82) is 0 Å². The molecule has 3 aromatic rings. The van der Waals surface area contributed by atoms with Gasteiger partial charge >= 0.3 is 11.9 Å². The summed E-state index contributed by atoms with van der Waals surface area (Å²) in [5, 5.41) is 5.39. The van der Waals surface area contributed by atoms with Crippen molar-refractivity contribution in [3.8, 4) is 5.69 Å². The number of anilines is 1. The molecule has 0 spiro atoms. The fourth-order valence-corrected chi connectivity index (χ4v) is 2.94. The summed E-state index contributed by atoms with van der Waals surface area (Å²) in [5.74, 6) is 2.56. The Bertz CT molecular complexity index is 1210. The van der Waals surface area contributed by atoms with Crippen molar-refractivity contribution < 1.29 is 28.7 Å². The predicted octanol–water partition coefficient (Wildman–Crippen LogP) is 3.95. The zero-order valence-corrected chi connectivity index (χ0v) is 21.6. The van der Waals surface area contributed by atoms with Crippen LogP contribution in [0.2, 0.25) is 10.0 Å². The Hall–Kier alpha value is -3.73. The molecular formula is C24H26Cl2N4O6. The van der Waals surface area contributed by atoms with Crippen molar-refractivity contribution >= 4 is 52.4 Å². The number of ketones is 2. The monoisotopic (exact) mass is 536 g/mol. The topological polar surface area (TPSA) is 143 Å². The molecule has 3 N–H and O–H groups in total. The molecule has 0 saturated carbocycles. The minimum absolute atomic E-state index is 0.268. The number of nitrogen functional groups attached to an aromatic ring is 1. The van der Waals surface area contributed by atoms with Crippen molar-refractivity contribution in [2.24, 2.45) is 5.84 Å². The predicted molar refractivity (Wildman–Crippen MR) is 136 cm³/mol. The summed E-state index contributed by atoms with van der Waals surface area (Å²) in [4.78, 5) is 42.4. The Morgan fingerprint density at radius 1 is 0.972 bits per heavy atom. The van der Waals surface area contributed by atoms with E-state index in [4.69, 9.17) is 29.0 Å². The SMILES string of the molecule is COC(=O)C(=O)CC(C)=O.COC(=O)c1cc(C)n(-c2ccccc2Cl)n1.NNc1ccccc1Cl. The number of methoxy groups -OCH3 is 2. The van der Waals surface area contributed by atoms with Gasteiger partial charge in [0.25, 0.3) is 0 Å². The minimum Gasteiger partial charge on any atom is -0.464 e. The molecule has 0 bridgehead atoms. The van der Waals surface area contributed by atoms with Gasteiger partial charge in [0.1, 0.15) is 5.78 Å². The number of esters is 2. The summed E-state index contributed by atoms with van der Waals surface area (Å²) in [6, 6.07) is 16.3. The molecule has 10 nitrogen and oxygen atoms in total. The van der Waals surface area contributed by atoms with Gasteiger partial charge < -0.3 is 14.9 Å². The first-order chi connectivity index (χ1) is 17.0. The van der Waals surface area contributed by atoms with Gasteiger partial charge in [0.2, 0.25) is 5.78 Å². The Morgan fingerprint density at radius 2 is 1.56 bits per heavy atom. The van der Waals surface area contributed by atoms with Crippen LogP contribution in [0.25, 0.3) is 5.69 Å². The van der Waals surface area contributed by atoms with Crippen LogP contribution in [-0.4, -0.2) is 47.5 Å². The second-order valence-corrected chi connectivity index (χ2v) is 7.76. The van der Waals surface area contributed by atoms with Gasteiger partial charge in [-0.3, -0.25) is 15.4 Å². The van der Waals surface area contributed by atoms with Gasteiger partial charge in [0.05, 0.1) is 42.1 Å². The van der Waals surface area contributed by atoms with Gasteiger partial charge in [0.15, 0.2) is 5.69 Å². The van der Waals surface area contributed by atoms with Crippen LogP contribution in [0.4, 0.5) is 5.69 Å². The van der Waals surface area contributed by atoms with E-state index in [1.807, 2.05) is 43.3 Å². The van der Waals surface area contributed by atoms with Gasteiger partial charge in [-0.15, -0.1) is 0 Å². The van der Waals surface area contributed by atoms with Crippen molar-refractivity contribution in [2.75, 3.05) is 19.6 Å². The number of ether oxygens (including phenoxy) is 2. The summed E-state index contributed by atoms with van der Waals surface area (Å²) >= 11 is 11.8. The van der Waals surface area contributed by atoms with Gasteiger partial charge in [-0.25, -0.2) is 14.3 Å². The number of aryl methyl sites for hydroxylation is 1.